The number of nitrogens with one attached hydrogen (secondary N) is 2. The number of ether oxygens (including phenoxy) is 2. The highest BCUT2D eigenvalue weighted by Crippen LogP contribution is 2.55. The lowest BCUT2D eigenvalue weighted by atomic mass is 9.51. The molecule has 1 aromatic heterocycles. The second kappa shape index (κ2) is 11.7. The lowest BCUT2D eigenvalue weighted by molar-refractivity contribution is -0.142. The van der Waals surface area contributed by atoms with E-state index in [0.29, 0.717) is 23.7 Å². The first-order chi connectivity index (χ1) is 18.2. The first-order valence-corrected chi connectivity index (χ1v) is 13.6. The SMILES string of the molecule is COc1ccc(CNC(=O)[C@@H](C)[C@H]2CC[C@@]3(C)CC[C@H](NC(=O)c4ccccn4)[C@@H](C)[C@@H]3[C@H]2O)cc1OC. The quantitative estimate of drug-likeness (QED) is 0.483. The molecule has 2 saturated carbocycles. The van der Waals surface area contributed by atoms with Gasteiger partial charge in [-0.1, -0.05) is 32.9 Å². The number of hydrogen-bond donors (Lipinski definition) is 3. The molecule has 2 aliphatic rings. The number of aromatic nitrogens is 1. The van der Waals surface area contributed by atoms with Crippen molar-refractivity contribution in [2.45, 2.75) is 65.1 Å². The van der Waals surface area contributed by atoms with E-state index in [1.165, 1.54) is 0 Å². The first kappa shape index (κ1) is 27.9. The fraction of sp³-hybridized carbons (Fsp3) is 0.567. The van der Waals surface area contributed by atoms with E-state index in [-0.39, 0.29) is 46.9 Å². The fourth-order valence-corrected chi connectivity index (χ4v) is 6.77. The van der Waals surface area contributed by atoms with E-state index >= 15 is 0 Å². The van der Waals surface area contributed by atoms with Crippen LogP contribution < -0.4 is 20.1 Å². The summed E-state index contributed by atoms with van der Waals surface area (Å²) in [4.78, 5) is 30.2. The monoisotopic (exact) mass is 523 g/mol. The average Bonchev–Trinajstić information content (AvgIpc) is 2.93. The van der Waals surface area contributed by atoms with Gasteiger partial charge in [0.1, 0.15) is 5.69 Å². The molecule has 38 heavy (non-hydrogen) atoms. The summed E-state index contributed by atoms with van der Waals surface area (Å²) in [6.45, 7) is 6.66. The van der Waals surface area contributed by atoms with Crippen molar-refractivity contribution in [3.05, 3.63) is 53.9 Å². The number of nitrogens with zero attached hydrogens (tertiary/aromatic N) is 1. The Morgan fingerprint density at radius 3 is 2.55 bits per heavy atom. The van der Waals surface area contributed by atoms with E-state index in [4.69, 9.17) is 9.47 Å². The van der Waals surface area contributed by atoms with Gasteiger partial charge in [-0.3, -0.25) is 14.6 Å². The van der Waals surface area contributed by atoms with Crippen LogP contribution in [0.25, 0.3) is 0 Å². The van der Waals surface area contributed by atoms with Crippen LogP contribution in [-0.4, -0.2) is 48.3 Å². The molecule has 0 aliphatic heterocycles. The Balaban J connectivity index is 1.41. The molecule has 2 aliphatic carbocycles. The van der Waals surface area contributed by atoms with Gasteiger partial charge in [0.25, 0.3) is 5.91 Å². The zero-order valence-electron chi connectivity index (χ0n) is 23.1. The Hall–Kier alpha value is -3.13. The molecule has 1 aromatic carbocycles. The van der Waals surface area contributed by atoms with E-state index in [1.54, 1.807) is 38.6 Å². The van der Waals surface area contributed by atoms with Crippen molar-refractivity contribution in [3.63, 3.8) is 0 Å². The second-order valence-corrected chi connectivity index (χ2v) is 11.3. The normalized spacial score (nSPS) is 29.5. The molecule has 0 unspecified atom stereocenters. The highest BCUT2D eigenvalue weighted by Gasteiger charge is 2.53. The van der Waals surface area contributed by atoms with Crippen LogP contribution in [0.15, 0.2) is 42.6 Å². The summed E-state index contributed by atoms with van der Waals surface area (Å²) >= 11 is 0. The van der Waals surface area contributed by atoms with Crippen LogP contribution in [0, 0.1) is 29.1 Å². The zero-order valence-corrected chi connectivity index (χ0v) is 23.1. The molecule has 0 spiro atoms. The number of amides is 2. The third-order valence-electron chi connectivity index (χ3n) is 9.07. The molecule has 7 atom stereocenters. The van der Waals surface area contributed by atoms with Gasteiger partial charge in [-0.2, -0.15) is 0 Å². The maximum absolute atomic E-state index is 13.2. The van der Waals surface area contributed by atoms with E-state index in [2.05, 4.69) is 29.5 Å². The highest BCUT2D eigenvalue weighted by atomic mass is 16.5. The number of fused-ring (bicyclic) bond motifs is 1. The van der Waals surface area contributed by atoms with Gasteiger partial charge < -0.3 is 25.2 Å². The first-order valence-electron chi connectivity index (χ1n) is 13.6. The van der Waals surface area contributed by atoms with Gasteiger partial charge in [0.05, 0.1) is 20.3 Å². The minimum Gasteiger partial charge on any atom is -0.493 e. The predicted molar refractivity (Wildman–Crippen MR) is 145 cm³/mol. The molecule has 0 saturated heterocycles. The Labute approximate surface area is 225 Å². The van der Waals surface area contributed by atoms with Crippen LogP contribution in [-0.2, 0) is 11.3 Å². The Bertz CT molecular complexity index is 1130. The standard InChI is InChI=1S/C30H41N3O5/c1-18(28(35)32-17-20-9-10-24(37-4)25(16-20)38-5)21-11-13-30(3)14-12-22(19(2)26(30)27(21)34)33-29(36)23-8-6-7-15-31-23/h6-10,15-16,18-19,21-22,26-27,34H,11-14,17H2,1-5H3,(H,32,35)(H,33,36)/t18-,19+,21+,22-,26+,27-,30-/m0/s1. The number of carbonyl (C=O) groups excluding carboxylic acids is 2. The number of hydrogen-bond acceptors (Lipinski definition) is 6. The van der Waals surface area contributed by atoms with Crippen LogP contribution in [0.3, 0.4) is 0 Å². The third-order valence-corrected chi connectivity index (χ3v) is 9.07. The zero-order chi connectivity index (χ0) is 27.4. The lowest BCUT2D eigenvalue weighted by Gasteiger charge is -2.56. The summed E-state index contributed by atoms with van der Waals surface area (Å²) in [5.41, 5.74) is 1.29. The van der Waals surface area contributed by atoms with Crippen LogP contribution in [0.5, 0.6) is 11.5 Å². The number of benzene rings is 1. The Morgan fingerprint density at radius 2 is 1.87 bits per heavy atom. The molecule has 4 rings (SSSR count). The predicted octanol–water partition coefficient (Wildman–Crippen LogP) is 3.97. The number of aliphatic hydroxyl groups is 1. The summed E-state index contributed by atoms with van der Waals surface area (Å²) in [5, 5.41) is 17.9. The van der Waals surface area contributed by atoms with Crippen molar-refractivity contribution in [2.75, 3.05) is 14.2 Å². The Morgan fingerprint density at radius 1 is 1.13 bits per heavy atom. The molecule has 0 radical (unpaired) electrons. The van der Waals surface area contributed by atoms with Gasteiger partial charge in [0.2, 0.25) is 5.91 Å². The van der Waals surface area contributed by atoms with E-state index in [9.17, 15) is 14.7 Å². The molecule has 2 fully saturated rings. The van der Waals surface area contributed by atoms with E-state index in [1.807, 2.05) is 25.1 Å². The third kappa shape index (κ3) is 5.65. The molecule has 2 aromatic rings. The minimum atomic E-state index is -0.625. The maximum atomic E-state index is 13.2. The average molecular weight is 524 g/mol. The van der Waals surface area contributed by atoms with Crippen LogP contribution in [0.4, 0.5) is 0 Å². The molecule has 2 amide bonds. The summed E-state index contributed by atoms with van der Waals surface area (Å²) in [7, 11) is 3.17. The van der Waals surface area contributed by atoms with Crippen molar-refractivity contribution in [2.24, 2.45) is 29.1 Å². The summed E-state index contributed by atoms with van der Waals surface area (Å²) in [6.07, 6.45) is 4.54. The number of rotatable bonds is 8. The topological polar surface area (TPSA) is 110 Å². The fourth-order valence-electron chi connectivity index (χ4n) is 6.77. The van der Waals surface area contributed by atoms with Crippen molar-refractivity contribution < 1.29 is 24.2 Å². The second-order valence-electron chi connectivity index (χ2n) is 11.3. The molecule has 206 valence electrons. The molecular formula is C30H41N3O5. The van der Waals surface area contributed by atoms with Crippen LogP contribution >= 0.6 is 0 Å². The summed E-state index contributed by atoms with van der Waals surface area (Å²) in [5.74, 6) is 0.570. The van der Waals surface area contributed by atoms with Crippen LogP contribution in [0.1, 0.15) is 62.5 Å². The van der Waals surface area contributed by atoms with Crippen molar-refractivity contribution in [1.82, 2.24) is 15.6 Å². The van der Waals surface area contributed by atoms with Gasteiger partial charge in [-0.25, -0.2) is 0 Å². The molecular weight excluding hydrogens is 482 g/mol. The molecule has 3 N–H and O–H groups in total. The number of methoxy groups -OCH3 is 2. The van der Waals surface area contributed by atoms with E-state index in [0.717, 1.165) is 31.2 Å². The number of aliphatic hydroxyl groups excluding tert-OH is 1. The summed E-state index contributed by atoms with van der Waals surface area (Å²) in [6, 6.07) is 10.8. The van der Waals surface area contributed by atoms with Gasteiger partial charge in [0, 0.05) is 24.7 Å². The largest absolute Gasteiger partial charge is 0.493 e. The van der Waals surface area contributed by atoms with Crippen LogP contribution in [0.2, 0.25) is 0 Å². The Kier molecular flexibility index (Phi) is 8.61. The number of pyridine rings is 1. The lowest BCUT2D eigenvalue weighted by Crippen LogP contribution is -2.58. The van der Waals surface area contributed by atoms with Gasteiger partial charge >= 0.3 is 0 Å². The van der Waals surface area contributed by atoms with Gasteiger partial charge in [-0.15, -0.1) is 0 Å². The highest BCUT2D eigenvalue weighted by molar-refractivity contribution is 5.92. The molecule has 1 heterocycles. The summed E-state index contributed by atoms with van der Waals surface area (Å²) < 4.78 is 10.7. The van der Waals surface area contributed by atoms with Crippen molar-refractivity contribution in [3.8, 4) is 11.5 Å². The molecule has 0 bridgehead atoms. The van der Waals surface area contributed by atoms with Crippen molar-refractivity contribution >= 4 is 11.8 Å². The minimum absolute atomic E-state index is 0.00914. The van der Waals surface area contributed by atoms with Gasteiger partial charge in [0.15, 0.2) is 11.5 Å². The van der Waals surface area contributed by atoms with Gasteiger partial charge in [-0.05, 0) is 78.7 Å². The van der Waals surface area contributed by atoms with E-state index < -0.39 is 6.10 Å². The smallest absolute Gasteiger partial charge is 0.270 e. The molecule has 8 nitrogen and oxygen atoms in total. The van der Waals surface area contributed by atoms with Crippen molar-refractivity contribution in [1.29, 1.82) is 0 Å². The maximum Gasteiger partial charge on any atom is 0.270 e. The molecule has 8 heteroatoms. The number of carbonyl (C=O) groups is 2.